The topological polar surface area (TPSA) is 54.4 Å². The van der Waals surface area contributed by atoms with E-state index in [2.05, 4.69) is 22.6 Å². The molecule has 0 amide bonds. The Balaban J connectivity index is 2.37. The van der Waals surface area contributed by atoms with E-state index in [0.29, 0.717) is 5.57 Å². The Bertz CT molecular complexity index is 531. The zero-order valence-electron chi connectivity index (χ0n) is 9.24. The summed E-state index contributed by atoms with van der Waals surface area (Å²) in [7, 11) is 0. The second-order valence-electron chi connectivity index (χ2n) is 4.08. The van der Waals surface area contributed by atoms with Crippen LogP contribution in [-0.4, -0.2) is 20.8 Å². The molecule has 1 aliphatic rings. The molecule has 0 aliphatic heterocycles. The molecule has 4 heteroatoms. The molecule has 17 heavy (non-hydrogen) atoms. The number of carbonyl (C=O) groups is 2. The molecule has 0 radical (unpaired) electrons. The lowest BCUT2D eigenvalue weighted by molar-refractivity contribution is -0.132. The molecule has 2 rings (SSSR count). The van der Waals surface area contributed by atoms with Gasteiger partial charge in [-0.05, 0) is 30.5 Å². The smallest absolute Gasteiger partial charge is 0.331 e. The van der Waals surface area contributed by atoms with Gasteiger partial charge in [-0.3, -0.25) is 4.79 Å². The first-order valence-corrected chi connectivity index (χ1v) is 6.46. The van der Waals surface area contributed by atoms with Crippen LogP contribution in [0.1, 0.15) is 28.4 Å². The fourth-order valence-electron chi connectivity index (χ4n) is 1.88. The van der Waals surface area contributed by atoms with Crippen LogP contribution < -0.4 is 0 Å². The van der Waals surface area contributed by atoms with Crippen molar-refractivity contribution >= 4 is 40.4 Å². The number of Topliss-reactive ketones (excluding diaryl/α,β-unsaturated/α-hetero) is 1. The maximum absolute atomic E-state index is 11.7. The van der Waals surface area contributed by atoms with E-state index in [1.165, 1.54) is 0 Å². The number of carboxylic acids is 1. The number of carbonyl (C=O) groups excluding carboxylic acids is 1. The van der Waals surface area contributed by atoms with E-state index < -0.39 is 5.97 Å². The maximum atomic E-state index is 11.7. The van der Waals surface area contributed by atoms with Gasteiger partial charge in [-0.2, -0.15) is 0 Å². The molecular formula is C13H11IO3. The number of halogens is 1. The number of aliphatic carboxylic acids is 1. The van der Waals surface area contributed by atoms with E-state index in [1.807, 2.05) is 6.07 Å². The average molecular weight is 342 g/mol. The standard InChI is InChI=1S/C13H11IO3/c1-7(13(16)17)4-8-2-3-10-9(5-8)6-11(14)12(10)15/h2-5,11H,6H2,1H3,(H,16,17). The molecule has 0 saturated carbocycles. The van der Waals surface area contributed by atoms with Gasteiger partial charge in [-0.25, -0.2) is 4.79 Å². The largest absolute Gasteiger partial charge is 0.478 e. The average Bonchev–Trinajstić information content (AvgIpc) is 2.54. The summed E-state index contributed by atoms with van der Waals surface area (Å²) in [6, 6.07) is 5.48. The first-order valence-electron chi connectivity index (χ1n) is 5.22. The Labute approximate surface area is 113 Å². The second-order valence-corrected chi connectivity index (χ2v) is 5.59. The first kappa shape index (κ1) is 12.3. The van der Waals surface area contributed by atoms with E-state index >= 15 is 0 Å². The minimum Gasteiger partial charge on any atom is -0.478 e. The van der Waals surface area contributed by atoms with Crippen molar-refractivity contribution in [3.05, 3.63) is 40.5 Å². The molecule has 1 aromatic carbocycles. The summed E-state index contributed by atoms with van der Waals surface area (Å²) in [5.41, 5.74) is 2.91. The van der Waals surface area contributed by atoms with Crippen molar-refractivity contribution in [3.63, 3.8) is 0 Å². The van der Waals surface area contributed by atoms with Crippen molar-refractivity contribution in [2.45, 2.75) is 17.3 Å². The van der Waals surface area contributed by atoms with Crippen LogP contribution in [0.3, 0.4) is 0 Å². The molecule has 1 aliphatic carbocycles. The van der Waals surface area contributed by atoms with Gasteiger partial charge in [-0.15, -0.1) is 0 Å². The summed E-state index contributed by atoms with van der Waals surface area (Å²) in [5.74, 6) is -0.751. The molecule has 0 saturated heterocycles. The van der Waals surface area contributed by atoms with Crippen molar-refractivity contribution < 1.29 is 14.7 Å². The lowest BCUT2D eigenvalue weighted by Crippen LogP contribution is -2.05. The van der Waals surface area contributed by atoms with Gasteiger partial charge in [0.05, 0.1) is 3.92 Å². The SMILES string of the molecule is CC(=Cc1ccc2c(c1)CC(I)C2=O)C(=O)O. The van der Waals surface area contributed by atoms with Crippen molar-refractivity contribution in [1.29, 1.82) is 0 Å². The highest BCUT2D eigenvalue weighted by molar-refractivity contribution is 14.1. The summed E-state index contributed by atoms with van der Waals surface area (Å²) in [6.45, 7) is 1.56. The Kier molecular flexibility index (Phi) is 3.33. The van der Waals surface area contributed by atoms with E-state index in [-0.39, 0.29) is 9.71 Å². The third-order valence-corrected chi connectivity index (χ3v) is 3.80. The highest BCUT2D eigenvalue weighted by Gasteiger charge is 2.27. The number of hydrogen-bond acceptors (Lipinski definition) is 2. The number of hydrogen-bond donors (Lipinski definition) is 1. The number of benzene rings is 1. The Morgan fingerprint density at radius 1 is 1.53 bits per heavy atom. The van der Waals surface area contributed by atoms with E-state index in [4.69, 9.17) is 5.11 Å². The van der Waals surface area contributed by atoms with Crippen LogP contribution in [0, 0.1) is 0 Å². The second kappa shape index (κ2) is 4.60. The third kappa shape index (κ3) is 2.41. The molecule has 1 aromatic rings. The summed E-state index contributed by atoms with van der Waals surface area (Å²) in [6.07, 6.45) is 2.36. The molecule has 1 N–H and O–H groups in total. The predicted octanol–water partition coefficient (Wildman–Crippen LogP) is 2.72. The summed E-state index contributed by atoms with van der Waals surface area (Å²) in [5, 5.41) is 8.80. The van der Waals surface area contributed by atoms with Gasteiger partial charge in [0.1, 0.15) is 0 Å². The zero-order chi connectivity index (χ0) is 12.6. The first-order chi connectivity index (χ1) is 7.99. The lowest BCUT2D eigenvalue weighted by atomic mass is 10.0. The third-order valence-electron chi connectivity index (χ3n) is 2.80. The molecule has 1 unspecified atom stereocenters. The number of rotatable bonds is 2. The van der Waals surface area contributed by atoms with Gasteiger partial charge < -0.3 is 5.11 Å². The van der Waals surface area contributed by atoms with Crippen LogP contribution in [0.25, 0.3) is 6.08 Å². The highest BCUT2D eigenvalue weighted by Crippen LogP contribution is 2.28. The van der Waals surface area contributed by atoms with Gasteiger partial charge in [0.2, 0.25) is 0 Å². The Hall–Kier alpha value is -1.17. The van der Waals surface area contributed by atoms with Crippen molar-refractivity contribution in [3.8, 4) is 0 Å². The predicted molar refractivity (Wildman–Crippen MR) is 73.6 cm³/mol. The molecule has 0 spiro atoms. The van der Waals surface area contributed by atoms with Crippen molar-refractivity contribution in [2.24, 2.45) is 0 Å². The molecule has 0 heterocycles. The quantitative estimate of drug-likeness (QED) is 0.511. The van der Waals surface area contributed by atoms with Crippen molar-refractivity contribution in [1.82, 2.24) is 0 Å². The highest BCUT2D eigenvalue weighted by atomic mass is 127. The normalized spacial score (nSPS) is 19.3. The summed E-state index contributed by atoms with van der Waals surface area (Å²) >= 11 is 2.14. The van der Waals surface area contributed by atoms with Crippen LogP contribution >= 0.6 is 22.6 Å². The van der Waals surface area contributed by atoms with Crippen LogP contribution in [-0.2, 0) is 11.2 Å². The minimum atomic E-state index is -0.923. The lowest BCUT2D eigenvalue weighted by Gasteiger charge is -2.00. The fourth-order valence-corrected chi connectivity index (χ4v) is 2.69. The number of fused-ring (bicyclic) bond motifs is 1. The minimum absolute atomic E-state index is 0.0161. The Morgan fingerprint density at radius 3 is 2.88 bits per heavy atom. The van der Waals surface area contributed by atoms with Crippen molar-refractivity contribution in [2.75, 3.05) is 0 Å². The number of carboxylic acid groups (broad SMARTS) is 1. The van der Waals surface area contributed by atoms with Crippen LogP contribution in [0.5, 0.6) is 0 Å². The molecule has 88 valence electrons. The number of alkyl halides is 1. The van der Waals surface area contributed by atoms with Gasteiger partial charge >= 0.3 is 5.97 Å². The molecule has 3 nitrogen and oxygen atoms in total. The molecule has 1 atom stereocenters. The molecular weight excluding hydrogens is 331 g/mol. The molecule has 0 aromatic heterocycles. The van der Waals surface area contributed by atoms with Crippen LogP contribution in [0.2, 0.25) is 0 Å². The van der Waals surface area contributed by atoms with Crippen LogP contribution in [0.15, 0.2) is 23.8 Å². The fraction of sp³-hybridized carbons (Fsp3) is 0.231. The van der Waals surface area contributed by atoms with Gasteiger partial charge in [0.15, 0.2) is 5.78 Å². The maximum Gasteiger partial charge on any atom is 0.331 e. The number of ketones is 1. The van der Waals surface area contributed by atoms with Gasteiger partial charge in [0.25, 0.3) is 0 Å². The molecule has 0 fully saturated rings. The zero-order valence-corrected chi connectivity index (χ0v) is 11.4. The van der Waals surface area contributed by atoms with Crippen LogP contribution in [0.4, 0.5) is 0 Å². The van der Waals surface area contributed by atoms with E-state index in [1.54, 1.807) is 25.1 Å². The summed E-state index contributed by atoms with van der Waals surface area (Å²) in [4.78, 5) is 22.4. The monoisotopic (exact) mass is 342 g/mol. The van der Waals surface area contributed by atoms with E-state index in [0.717, 1.165) is 23.1 Å². The Morgan fingerprint density at radius 2 is 2.24 bits per heavy atom. The van der Waals surface area contributed by atoms with Gasteiger partial charge in [-0.1, -0.05) is 40.8 Å². The van der Waals surface area contributed by atoms with E-state index in [9.17, 15) is 9.59 Å². The van der Waals surface area contributed by atoms with Gasteiger partial charge in [0, 0.05) is 11.1 Å². The molecule has 0 bridgehead atoms. The summed E-state index contributed by atoms with van der Waals surface area (Å²) < 4.78 is 0.0161.